The summed E-state index contributed by atoms with van der Waals surface area (Å²) in [6, 6.07) is 7.13. The van der Waals surface area contributed by atoms with E-state index in [-0.39, 0.29) is 17.8 Å². The molecule has 0 aliphatic carbocycles. The first-order valence-electron chi connectivity index (χ1n) is 11.6. The van der Waals surface area contributed by atoms with Crippen molar-refractivity contribution in [3.63, 3.8) is 0 Å². The largest absolute Gasteiger partial charge is 0.374 e. The Kier molecular flexibility index (Phi) is 5.61. The van der Waals surface area contributed by atoms with Crippen LogP contribution in [0.25, 0.3) is 0 Å². The maximum atomic E-state index is 13.9. The lowest BCUT2D eigenvalue weighted by Crippen LogP contribution is -2.46. The molecule has 4 saturated heterocycles. The molecule has 5 rings (SSSR count). The van der Waals surface area contributed by atoms with Crippen molar-refractivity contribution in [1.82, 2.24) is 9.80 Å². The smallest absolute Gasteiger partial charge is 0.228 e. The molecule has 0 N–H and O–H groups in total. The number of fused-ring (bicyclic) bond motifs is 2. The molecule has 1 aromatic carbocycles. The molecule has 4 nitrogen and oxygen atoms in total. The maximum absolute atomic E-state index is 13.9. The number of rotatable bonds is 4. The summed E-state index contributed by atoms with van der Waals surface area (Å²) in [5, 5.41) is 0. The number of benzene rings is 1. The van der Waals surface area contributed by atoms with Crippen LogP contribution in [-0.4, -0.2) is 54.1 Å². The van der Waals surface area contributed by atoms with Crippen LogP contribution in [0.2, 0.25) is 0 Å². The standard InChI is InChI=1S/C24H33FN2O2/c25-22-4-2-1-3-19(22)16-26-11-7-17(8-12-26)18-9-13-27(14-10-18)24(28)21-15-20-5-6-23(21)29-20/h1-4,17-18,20-21,23H,5-16H2/t20-,21-,23+/m0/s1. The normalized spacial score (nSPS) is 31.5. The van der Waals surface area contributed by atoms with E-state index in [9.17, 15) is 9.18 Å². The second-order valence-corrected chi connectivity index (χ2v) is 9.58. The molecule has 4 fully saturated rings. The van der Waals surface area contributed by atoms with E-state index in [1.807, 2.05) is 12.1 Å². The van der Waals surface area contributed by atoms with Crippen LogP contribution in [0.15, 0.2) is 24.3 Å². The van der Waals surface area contributed by atoms with Gasteiger partial charge in [0, 0.05) is 25.2 Å². The lowest BCUT2D eigenvalue weighted by molar-refractivity contribution is -0.139. The second-order valence-electron chi connectivity index (χ2n) is 9.58. The van der Waals surface area contributed by atoms with Gasteiger partial charge in [0.05, 0.1) is 18.1 Å². The van der Waals surface area contributed by atoms with Crippen molar-refractivity contribution in [2.45, 2.75) is 63.7 Å². The van der Waals surface area contributed by atoms with Crippen molar-refractivity contribution < 1.29 is 13.9 Å². The predicted octanol–water partition coefficient (Wildman–Crippen LogP) is 3.84. The first-order valence-corrected chi connectivity index (χ1v) is 11.6. The van der Waals surface area contributed by atoms with Gasteiger partial charge in [-0.25, -0.2) is 4.39 Å². The van der Waals surface area contributed by atoms with E-state index in [0.29, 0.717) is 12.0 Å². The minimum absolute atomic E-state index is 0.0902. The van der Waals surface area contributed by atoms with Crippen molar-refractivity contribution in [2.75, 3.05) is 26.2 Å². The first-order chi connectivity index (χ1) is 14.2. The van der Waals surface area contributed by atoms with Crippen molar-refractivity contribution in [3.8, 4) is 0 Å². The Morgan fingerprint density at radius 3 is 2.28 bits per heavy atom. The zero-order valence-electron chi connectivity index (χ0n) is 17.3. The topological polar surface area (TPSA) is 32.8 Å². The Labute approximate surface area is 173 Å². The van der Waals surface area contributed by atoms with Gasteiger partial charge < -0.3 is 9.64 Å². The molecule has 5 heteroatoms. The van der Waals surface area contributed by atoms with Gasteiger partial charge in [0.15, 0.2) is 0 Å². The summed E-state index contributed by atoms with van der Waals surface area (Å²) < 4.78 is 19.8. The Bertz CT molecular complexity index is 725. The van der Waals surface area contributed by atoms with E-state index in [2.05, 4.69) is 9.80 Å². The third-order valence-electron chi connectivity index (χ3n) is 7.93. The van der Waals surface area contributed by atoms with E-state index >= 15 is 0 Å². The molecule has 1 aromatic rings. The van der Waals surface area contributed by atoms with Gasteiger partial charge >= 0.3 is 0 Å². The second kappa shape index (κ2) is 8.35. The average Bonchev–Trinajstić information content (AvgIpc) is 3.39. The molecule has 0 spiro atoms. The molecule has 2 bridgehead atoms. The summed E-state index contributed by atoms with van der Waals surface area (Å²) in [5.41, 5.74) is 0.808. The van der Waals surface area contributed by atoms with E-state index < -0.39 is 0 Å². The summed E-state index contributed by atoms with van der Waals surface area (Å²) >= 11 is 0. The molecule has 0 saturated carbocycles. The van der Waals surface area contributed by atoms with Gasteiger partial charge in [0.25, 0.3) is 0 Å². The third kappa shape index (κ3) is 4.09. The number of carbonyl (C=O) groups excluding carboxylic acids is 1. The summed E-state index contributed by atoms with van der Waals surface area (Å²) in [6.45, 7) is 4.68. The zero-order valence-corrected chi connectivity index (χ0v) is 17.3. The number of ether oxygens (including phenoxy) is 1. The van der Waals surface area contributed by atoms with E-state index in [1.165, 1.54) is 12.8 Å². The molecule has 4 aliphatic rings. The Morgan fingerprint density at radius 2 is 1.66 bits per heavy atom. The highest BCUT2D eigenvalue weighted by atomic mass is 19.1. The van der Waals surface area contributed by atoms with Crippen LogP contribution in [0, 0.1) is 23.6 Å². The van der Waals surface area contributed by atoms with E-state index in [1.54, 1.807) is 12.1 Å². The third-order valence-corrected chi connectivity index (χ3v) is 7.93. The maximum Gasteiger partial charge on any atom is 0.228 e. The minimum Gasteiger partial charge on any atom is -0.374 e. The fourth-order valence-corrected chi connectivity index (χ4v) is 6.17. The van der Waals surface area contributed by atoms with Crippen molar-refractivity contribution in [2.24, 2.45) is 17.8 Å². The lowest BCUT2D eigenvalue weighted by atomic mass is 9.78. The van der Waals surface area contributed by atoms with Gasteiger partial charge in [-0.15, -0.1) is 0 Å². The Morgan fingerprint density at radius 1 is 0.966 bits per heavy atom. The van der Waals surface area contributed by atoms with Gasteiger partial charge in [0.2, 0.25) is 5.91 Å². The average molecular weight is 401 g/mol. The highest BCUT2D eigenvalue weighted by Crippen LogP contribution is 2.40. The number of piperidine rings is 2. The van der Waals surface area contributed by atoms with E-state index in [0.717, 1.165) is 82.2 Å². The lowest BCUT2D eigenvalue weighted by Gasteiger charge is -2.41. The van der Waals surface area contributed by atoms with Crippen LogP contribution in [-0.2, 0) is 16.1 Å². The van der Waals surface area contributed by atoms with Crippen molar-refractivity contribution in [1.29, 1.82) is 0 Å². The van der Waals surface area contributed by atoms with Gasteiger partial charge in [-0.2, -0.15) is 0 Å². The number of amides is 1. The number of carbonyl (C=O) groups is 1. The Hall–Kier alpha value is -1.46. The predicted molar refractivity (Wildman–Crippen MR) is 110 cm³/mol. The van der Waals surface area contributed by atoms with Crippen molar-refractivity contribution in [3.05, 3.63) is 35.6 Å². The highest BCUT2D eigenvalue weighted by molar-refractivity contribution is 5.80. The zero-order chi connectivity index (χ0) is 19.8. The van der Waals surface area contributed by atoms with Crippen LogP contribution in [0.4, 0.5) is 4.39 Å². The molecule has 0 aromatic heterocycles. The summed E-state index contributed by atoms with van der Waals surface area (Å²) in [5.74, 6) is 1.90. The fraction of sp³-hybridized carbons (Fsp3) is 0.708. The number of hydrogen-bond acceptors (Lipinski definition) is 3. The molecular weight excluding hydrogens is 367 g/mol. The van der Waals surface area contributed by atoms with Gasteiger partial charge in [-0.05, 0) is 75.9 Å². The van der Waals surface area contributed by atoms with Crippen LogP contribution >= 0.6 is 0 Å². The van der Waals surface area contributed by atoms with Gasteiger partial charge in [0.1, 0.15) is 5.82 Å². The summed E-state index contributed by atoms with van der Waals surface area (Å²) in [7, 11) is 0. The summed E-state index contributed by atoms with van der Waals surface area (Å²) in [4.78, 5) is 17.4. The Balaban J connectivity index is 1.07. The van der Waals surface area contributed by atoms with E-state index in [4.69, 9.17) is 4.74 Å². The molecule has 158 valence electrons. The number of hydrogen-bond donors (Lipinski definition) is 0. The SMILES string of the molecule is O=C([C@H]1C[C@@H]2CC[C@H]1O2)N1CCC(C2CCN(Cc3ccccc3F)CC2)CC1. The monoisotopic (exact) mass is 400 g/mol. The number of halogens is 1. The molecule has 3 atom stereocenters. The quantitative estimate of drug-likeness (QED) is 0.770. The van der Waals surface area contributed by atoms with Gasteiger partial charge in [-0.3, -0.25) is 9.69 Å². The number of nitrogens with zero attached hydrogens (tertiary/aromatic N) is 2. The molecule has 1 amide bonds. The summed E-state index contributed by atoms with van der Waals surface area (Å²) in [6.07, 6.45) is 8.40. The molecule has 4 heterocycles. The van der Waals surface area contributed by atoms with Crippen LogP contribution in [0.1, 0.15) is 50.5 Å². The molecular formula is C24H33FN2O2. The number of likely N-dealkylation sites (tertiary alicyclic amines) is 2. The molecule has 0 radical (unpaired) electrons. The fourth-order valence-electron chi connectivity index (χ4n) is 6.17. The molecule has 4 aliphatic heterocycles. The van der Waals surface area contributed by atoms with Crippen molar-refractivity contribution >= 4 is 5.91 Å². The molecule has 29 heavy (non-hydrogen) atoms. The van der Waals surface area contributed by atoms with Crippen LogP contribution in [0.3, 0.4) is 0 Å². The molecule has 0 unspecified atom stereocenters. The van der Waals surface area contributed by atoms with Crippen LogP contribution in [0.5, 0.6) is 0 Å². The minimum atomic E-state index is -0.0902. The highest BCUT2D eigenvalue weighted by Gasteiger charge is 2.46. The first kappa shape index (κ1) is 19.5. The van der Waals surface area contributed by atoms with Gasteiger partial charge in [-0.1, -0.05) is 18.2 Å². The van der Waals surface area contributed by atoms with Crippen LogP contribution < -0.4 is 0 Å².